The first-order valence-electron chi connectivity index (χ1n) is 9.36. The van der Waals surface area contributed by atoms with Crippen molar-refractivity contribution in [3.63, 3.8) is 0 Å². The maximum Gasteiger partial charge on any atom is 0.191 e. The molecule has 156 valence electrons. The number of aliphatic imine (C=N–C) groups is 1. The van der Waals surface area contributed by atoms with Gasteiger partial charge in [0.05, 0.1) is 19.2 Å². The predicted octanol–water partition coefficient (Wildman–Crippen LogP) is 3.68. The molecule has 1 heterocycles. The van der Waals surface area contributed by atoms with E-state index in [0.717, 1.165) is 61.4 Å². The SMILES string of the molecule is CCNC(=NCCc1ncc(CC)s1)NCCc1ccc(OC)c(OC)c1.I. The first kappa shape index (κ1) is 24.5. The van der Waals surface area contributed by atoms with E-state index >= 15 is 0 Å². The van der Waals surface area contributed by atoms with Gasteiger partial charge in [-0.3, -0.25) is 4.99 Å². The molecule has 0 fully saturated rings. The molecule has 1 aromatic heterocycles. The third-order valence-electron chi connectivity index (χ3n) is 4.04. The topological polar surface area (TPSA) is 67.8 Å². The summed E-state index contributed by atoms with van der Waals surface area (Å²) in [4.78, 5) is 10.4. The quantitative estimate of drug-likeness (QED) is 0.286. The van der Waals surface area contributed by atoms with E-state index < -0.39 is 0 Å². The Bertz CT molecular complexity index is 737. The van der Waals surface area contributed by atoms with Gasteiger partial charge in [0.25, 0.3) is 0 Å². The number of halogens is 1. The predicted molar refractivity (Wildman–Crippen MR) is 128 cm³/mol. The number of thiazole rings is 1. The number of aromatic nitrogens is 1. The van der Waals surface area contributed by atoms with E-state index in [4.69, 9.17) is 9.47 Å². The lowest BCUT2D eigenvalue weighted by atomic mass is 10.1. The standard InChI is InChI=1S/C20H30N4O2S.HI/c1-5-16-14-24-19(27-16)10-12-23-20(21-6-2)22-11-9-15-7-8-17(25-3)18(13-15)26-4;/h7-8,13-14H,5-6,9-12H2,1-4H3,(H2,21,22,23);1H. The van der Waals surface area contributed by atoms with Gasteiger partial charge in [-0.25, -0.2) is 4.98 Å². The second-order valence-corrected chi connectivity index (χ2v) is 7.15. The molecule has 8 heteroatoms. The molecule has 1 aromatic carbocycles. The van der Waals surface area contributed by atoms with Crippen LogP contribution in [-0.4, -0.2) is 44.8 Å². The van der Waals surface area contributed by atoms with Gasteiger partial charge in [0.15, 0.2) is 17.5 Å². The highest BCUT2D eigenvalue weighted by atomic mass is 127. The van der Waals surface area contributed by atoms with E-state index in [0.29, 0.717) is 0 Å². The number of aryl methyl sites for hydroxylation is 1. The van der Waals surface area contributed by atoms with E-state index in [1.165, 1.54) is 10.4 Å². The second kappa shape index (κ2) is 13.6. The largest absolute Gasteiger partial charge is 0.493 e. The summed E-state index contributed by atoms with van der Waals surface area (Å²) in [5.74, 6) is 2.34. The minimum Gasteiger partial charge on any atom is -0.493 e. The van der Waals surface area contributed by atoms with Crippen molar-refractivity contribution < 1.29 is 9.47 Å². The summed E-state index contributed by atoms with van der Waals surface area (Å²) >= 11 is 1.78. The number of nitrogens with zero attached hydrogens (tertiary/aromatic N) is 2. The maximum atomic E-state index is 5.36. The lowest BCUT2D eigenvalue weighted by Crippen LogP contribution is -2.38. The minimum atomic E-state index is 0. The molecule has 6 nitrogen and oxygen atoms in total. The molecular weight excluding hydrogens is 487 g/mol. The number of ether oxygens (including phenoxy) is 2. The van der Waals surface area contributed by atoms with Gasteiger partial charge in [0.1, 0.15) is 0 Å². The van der Waals surface area contributed by atoms with Crippen molar-refractivity contribution >= 4 is 41.3 Å². The molecule has 0 bridgehead atoms. The van der Waals surface area contributed by atoms with Gasteiger partial charge < -0.3 is 20.1 Å². The number of rotatable bonds is 10. The summed E-state index contributed by atoms with van der Waals surface area (Å²) in [6, 6.07) is 6.01. The van der Waals surface area contributed by atoms with E-state index in [9.17, 15) is 0 Å². The highest BCUT2D eigenvalue weighted by molar-refractivity contribution is 14.0. The molecule has 0 aliphatic heterocycles. The van der Waals surface area contributed by atoms with Crippen LogP contribution in [0.15, 0.2) is 29.4 Å². The fourth-order valence-corrected chi connectivity index (χ4v) is 3.44. The Balaban J connectivity index is 0.00000392. The average Bonchev–Trinajstić information content (AvgIpc) is 3.15. The van der Waals surface area contributed by atoms with Crippen molar-refractivity contribution in [3.8, 4) is 11.5 Å². The van der Waals surface area contributed by atoms with Crippen LogP contribution in [0.2, 0.25) is 0 Å². The summed E-state index contributed by atoms with van der Waals surface area (Å²) < 4.78 is 10.6. The number of guanidine groups is 1. The molecule has 0 saturated carbocycles. The fourth-order valence-electron chi connectivity index (χ4n) is 2.59. The molecule has 0 unspecified atom stereocenters. The van der Waals surface area contributed by atoms with E-state index in [2.05, 4.69) is 40.5 Å². The normalized spacial score (nSPS) is 10.9. The fraction of sp³-hybridized carbons (Fsp3) is 0.500. The van der Waals surface area contributed by atoms with Crippen molar-refractivity contribution in [2.45, 2.75) is 33.1 Å². The third kappa shape index (κ3) is 7.83. The molecule has 28 heavy (non-hydrogen) atoms. The van der Waals surface area contributed by atoms with Crippen LogP contribution >= 0.6 is 35.3 Å². The van der Waals surface area contributed by atoms with Gasteiger partial charge in [-0.2, -0.15) is 0 Å². The Morgan fingerprint density at radius 3 is 2.54 bits per heavy atom. The molecule has 0 spiro atoms. The third-order valence-corrected chi connectivity index (χ3v) is 5.25. The Morgan fingerprint density at radius 2 is 1.89 bits per heavy atom. The number of nitrogens with one attached hydrogen (secondary N) is 2. The minimum absolute atomic E-state index is 0. The molecular formula is C20H31IN4O2S. The van der Waals surface area contributed by atoms with E-state index in [1.807, 2.05) is 18.3 Å². The molecule has 0 saturated heterocycles. The van der Waals surface area contributed by atoms with E-state index in [1.54, 1.807) is 25.6 Å². The molecule has 0 aliphatic rings. The zero-order valence-electron chi connectivity index (χ0n) is 17.1. The van der Waals surface area contributed by atoms with Gasteiger partial charge in [-0.05, 0) is 37.5 Å². The first-order chi connectivity index (χ1) is 13.2. The number of methoxy groups -OCH3 is 2. The second-order valence-electron chi connectivity index (χ2n) is 5.95. The summed E-state index contributed by atoms with van der Waals surface area (Å²) in [6.07, 6.45) is 4.76. The highest BCUT2D eigenvalue weighted by Gasteiger charge is 2.05. The van der Waals surface area contributed by atoms with Crippen LogP contribution < -0.4 is 20.1 Å². The summed E-state index contributed by atoms with van der Waals surface area (Å²) in [5.41, 5.74) is 1.19. The Morgan fingerprint density at radius 1 is 1.11 bits per heavy atom. The monoisotopic (exact) mass is 518 g/mol. The first-order valence-corrected chi connectivity index (χ1v) is 10.2. The number of benzene rings is 1. The van der Waals surface area contributed by atoms with Crippen molar-refractivity contribution in [2.75, 3.05) is 33.9 Å². The molecule has 2 N–H and O–H groups in total. The van der Waals surface area contributed by atoms with Gasteiger partial charge in [0.2, 0.25) is 0 Å². The molecule has 0 atom stereocenters. The van der Waals surface area contributed by atoms with E-state index in [-0.39, 0.29) is 24.0 Å². The zero-order chi connectivity index (χ0) is 19.5. The lowest BCUT2D eigenvalue weighted by Gasteiger charge is -2.12. The van der Waals surface area contributed by atoms with Crippen LogP contribution in [0, 0.1) is 0 Å². The van der Waals surface area contributed by atoms with Crippen LogP contribution in [0.5, 0.6) is 11.5 Å². The lowest BCUT2D eigenvalue weighted by molar-refractivity contribution is 0.354. The van der Waals surface area contributed by atoms with Crippen molar-refractivity contribution in [2.24, 2.45) is 4.99 Å². The van der Waals surface area contributed by atoms with Crippen LogP contribution in [-0.2, 0) is 19.3 Å². The highest BCUT2D eigenvalue weighted by Crippen LogP contribution is 2.27. The summed E-state index contributed by atoms with van der Waals surface area (Å²) in [6.45, 7) is 6.57. The van der Waals surface area contributed by atoms with Crippen molar-refractivity contribution in [3.05, 3.63) is 39.8 Å². The smallest absolute Gasteiger partial charge is 0.191 e. The van der Waals surface area contributed by atoms with Gasteiger partial charge in [-0.15, -0.1) is 35.3 Å². The summed E-state index contributed by atoms with van der Waals surface area (Å²) in [7, 11) is 3.30. The van der Waals surface area contributed by atoms with Crippen LogP contribution in [0.25, 0.3) is 0 Å². The van der Waals surface area contributed by atoms with Crippen LogP contribution in [0.1, 0.15) is 29.3 Å². The zero-order valence-corrected chi connectivity index (χ0v) is 20.2. The molecule has 0 amide bonds. The number of hydrogen-bond donors (Lipinski definition) is 2. The van der Waals surface area contributed by atoms with Crippen LogP contribution in [0.3, 0.4) is 0 Å². The molecule has 2 aromatic rings. The Kier molecular flexibility index (Phi) is 11.9. The number of hydrogen-bond acceptors (Lipinski definition) is 5. The van der Waals surface area contributed by atoms with Crippen molar-refractivity contribution in [1.29, 1.82) is 0 Å². The van der Waals surface area contributed by atoms with Crippen molar-refractivity contribution in [1.82, 2.24) is 15.6 Å². The van der Waals surface area contributed by atoms with Gasteiger partial charge in [0, 0.05) is 37.1 Å². The maximum absolute atomic E-state index is 5.36. The average molecular weight is 518 g/mol. The molecule has 0 aliphatic carbocycles. The van der Waals surface area contributed by atoms with Gasteiger partial charge in [-0.1, -0.05) is 13.0 Å². The van der Waals surface area contributed by atoms with Gasteiger partial charge >= 0.3 is 0 Å². The summed E-state index contributed by atoms with van der Waals surface area (Å²) in [5, 5.41) is 7.83. The molecule has 0 radical (unpaired) electrons. The Hall–Kier alpha value is -1.55. The van der Waals surface area contributed by atoms with Crippen LogP contribution in [0.4, 0.5) is 0 Å². The Labute approximate surface area is 189 Å². The molecule has 2 rings (SSSR count).